The molecule has 4 nitrogen and oxygen atoms in total. The van der Waals surface area contributed by atoms with Crippen LogP contribution in [0, 0.1) is 0 Å². The Kier molecular flexibility index (Phi) is 5.92. The highest BCUT2D eigenvalue weighted by Crippen LogP contribution is 2.22. The fourth-order valence-electron chi connectivity index (χ4n) is 3.38. The van der Waals surface area contributed by atoms with Gasteiger partial charge in [-0.1, -0.05) is 36.4 Å². The molecule has 1 aromatic heterocycles. The van der Waals surface area contributed by atoms with Crippen molar-refractivity contribution in [2.75, 3.05) is 31.1 Å². The van der Waals surface area contributed by atoms with Crippen LogP contribution in [0.2, 0.25) is 0 Å². The van der Waals surface area contributed by atoms with Crippen molar-refractivity contribution >= 4 is 22.9 Å². The Morgan fingerprint density at radius 2 is 1.64 bits per heavy atom. The number of nitrogens with zero attached hydrogens (tertiary/aromatic N) is 2. The van der Waals surface area contributed by atoms with Gasteiger partial charge in [0.2, 0.25) is 5.91 Å². The van der Waals surface area contributed by atoms with E-state index in [9.17, 15) is 4.79 Å². The highest BCUT2D eigenvalue weighted by atomic mass is 32.1. The molecule has 1 aliphatic heterocycles. The highest BCUT2D eigenvalue weighted by Gasteiger charge is 2.21. The van der Waals surface area contributed by atoms with Crippen molar-refractivity contribution in [3.8, 4) is 5.75 Å². The van der Waals surface area contributed by atoms with Crippen LogP contribution in [0.1, 0.15) is 10.4 Å². The molecule has 28 heavy (non-hydrogen) atoms. The smallest absolute Gasteiger partial charge is 0.227 e. The lowest BCUT2D eigenvalue weighted by Gasteiger charge is -2.36. The van der Waals surface area contributed by atoms with E-state index in [1.54, 1.807) is 11.3 Å². The summed E-state index contributed by atoms with van der Waals surface area (Å²) < 4.78 is 5.86. The summed E-state index contributed by atoms with van der Waals surface area (Å²) in [6.45, 7) is 3.85. The van der Waals surface area contributed by atoms with Gasteiger partial charge >= 0.3 is 0 Å². The Balaban J connectivity index is 1.27. The Hall–Kier alpha value is -2.79. The maximum Gasteiger partial charge on any atom is 0.227 e. The van der Waals surface area contributed by atoms with Crippen LogP contribution in [-0.2, 0) is 17.8 Å². The normalized spacial score (nSPS) is 14.1. The molecule has 1 fully saturated rings. The maximum absolute atomic E-state index is 12.4. The molecule has 0 bridgehead atoms. The number of rotatable bonds is 6. The van der Waals surface area contributed by atoms with Crippen molar-refractivity contribution < 1.29 is 9.53 Å². The average Bonchev–Trinajstić information content (AvgIpc) is 3.26. The lowest BCUT2D eigenvalue weighted by atomic mass is 10.2. The van der Waals surface area contributed by atoms with E-state index in [0.717, 1.165) is 42.4 Å². The van der Waals surface area contributed by atoms with Crippen LogP contribution in [0.3, 0.4) is 0 Å². The average molecular weight is 393 g/mol. The van der Waals surface area contributed by atoms with Gasteiger partial charge in [-0.3, -0.25) is 4.79 Å². The zero-order chi connectivity index (χ0) is 19.2. The molecular formula is C23H24N2O2S. The summed E-state index contributed by atoms with van der Waals surface area (Å²) in [6.07, 6.45) is 0.519. The number of carbonyl (C=O) groups excluding carboxylic acids is 1. The fourth-order valence-corrected chi connectivity index (χ4v) is 4.08. The quantitative estimate of drug-likeness (QED) is 0.630. The second-order valence-electron chi connectivity index (χ2n) is 6.89. The molecule has 4 rings (SSSR count). The standard InChI is InChI=1S/C23H24N2O2S/c26-23(17-22-7-4-16-28-22)25-14-12-24(13-15-25)20-8-10-21(11-9-20)27-18-19-5-2-1-3-6-19/h1-11,16H,12-15,17-18H2. The number of hydrogen-bond acceptors (Lipinski definition) is 4. The first-order valence-corrected chi connectivity index (χ1v) is 10.5. The molecule has 0 atom stereocenters. The molecular weight excluding hydrogens is 368 g/mol. The van der Waals surface area contributed by atoms with Gasteiger partial charge in [0, 0.05) is 36.7 Å². The van der Waals surface area contributed by atoms with E-state index in [1.165, 1.54) is 5.69 Å². The van der Waals surface area contributed by atoms with E-state index in [2.05, 4.69) is 29.2 Å². The number of ether oxygens (including phenoxy) is 1. The molecule has 3 aromatic rings. The van der Waals surface area contributed by atoms with Gasteiger partial charge in [-0.25, -0.2) is 0 Å². The maximum atomic E-state index is 12.4. The summed E-state index contributed by atoms with van der Waals surface area (Å²) in [7, 11) is 0. The summed E-state index contributed by atoms with van der Waals surface area (Å²) in [5, 5.41) is 2.02. The van der Waals surface area contributed by atoms with E-state index >= 15 is 0 Å². The molecule has 0 N–H and O–H groups in total. The number of piperazine rings is 1. The lowest BCUT2D eigenvalue weighted by molar-refractivity contribution is -0.130. The lowest BCUT2D eigenvalue weighted by Crippen LogP contribution is -2.49. The topological polar surface area (TPSA) is 32.8 Å². The fraction of sp³-hybridized carbons (Fsp3) is 0.261. The first-order valence-electron chi connectivity index (χ1n) is 9.60. The number of benzene rings is 2. The zero-order valence-corrected chi connectivity index (χ0v) is 16.6. The molecule has 0 radical (unpaired) electrons. The van der Waals surface area contributed by atoms with Gasteiger partial charge in [0.25, 0.3) is 0 Å². The first kappa shape index (κ1) is 18.6. The molecule has 2 heterocycles. The van der Waals surface area contributed by atoms with Crippen molar-refractivity contribution in [3.63, 3.8) is 0 Å². The van der Waals surface area contributed by atoms with Gasteiger partial charge in [-0.05, 0) is 41.3 Å². The largest absolute Gasteiger partial charge is 0.489 e. The monoisotopic (exact) mass is 392 g/mol. The van der Waals surface area contributed by atoms with Gasteiger partial charge < -0.3 is 14.5 Å². The first-order chi connectivity index (χ1) is 13.8. The number of amides is 1. The van der Waals surface area contributed by atoms with Gasteiger partial charge in [0.1, 0.15) is 12.4 Å². The summed E-state index contributed by atoms with van der Waals surface area (Å²) in [6, 6.07) is 22.4. The molecule has 1 amide bonds. The van der Waals surface area contributed by atoms with Crippen molar-refractivity contribution in [2.45, 2.75) is 13.0 Å². The summed E-state index contributed by atoms with van der Waals surface area (Å²) >= 11 is 1.65. The summed E-state index contributed by atoms with van der Waals surface area (Å²) in [5.41, 5.74) is 2.34. The van der Waals surface area contributed by atoms with E-state index in [4.69, 9.17) is 4.74 Å². The predicted octanol–water partition coefficient (Wildman–Crippen LogP) is 4.22. The van der Waals surface area contributed by atoms with Crippen LogP contribution in [0.5, 0.6) is 5.75 Å². The Morgan fingerprint density at radius 1 is 0.893 bits per heavy atom. The van der Waals surface area contributed by atoms with Crippen molar-refractivity contribution in [2.24, 2.45) is 0 Å². The van der Waals surface area contributed by atoms with Crippen molar-refractivity contribution in [1.29, 1.82) is 0 Å². The minimum Gasteiger partial charge on any atom is -0.489 e. The Labute approximate surface area is 170 Å². The number of carbonyl (C=O) groups is 1. The molecule has 1 saturated heterocycles. The number of thiophene rings is 1. The van der Waals surface area contributed by atoms with E-state index < -0.39 is 0 Å². The minimum atomic E-state index is 0.228. The molecule has 5 heteroatoms. The SMILES string of the molecule is O=C(Cc1cccs1)N1CCN(c2ccc(OCc3ccccc3)cc2)CC1. The van der Waals surface area contributed by atoms with Crippen molar-refractivity contribution in [1.82, 2.24) is 4.90 Å². The Morgan fingerprint density at radius 3 is 2.32 bits per heavy atom. The van der Waals surface area contributed by atoms with E-state index in [1.807, 2.05) is 52.7 Å². The second-order valence-corrected chi connectivity index (χ2v) is 7.92. The number of hydrogen-bond donors (Lipinski definition) is 0. The minimum absolute atomic E-state index is 0.228. The van der Waals surface area contributed by atoms with Crippen LogP contribution in [-0.4, -0.2) is 37.0 Å². The third kappa shape index (κ3) is 4.73. The third-order valence-electron chi connectivity index (χ3n) is 4.99. The molecule has 0 spiro atoms. The van der Waals surface area contributed by atoms with Crippen LogP contribution < -0.4 is 9.64 Å². The van der Waals surface area contributed by atoms with Crippen LogP contribution in [0.25, 0.3) is 0 Å². The van der Waals surface area contributed by atoms with E-state index in [-0.39, 0.29) is 5.91 Å². The Bertz CT molecular complexity index is 871. The van der Waals surface area contributed by atoms with Crippen molar-refractivity contribution in [3.05, 3.63) is 82.6 Å². The van der Waals surface area contributed by atoms with Gasteiger partial charge in [0.15, 0.2) is 0 Å². The second kappa shape index (κ2) is 8.93. The van der Waals surface area contributed by atoms with Gasteiger partial charge in [0.05, 0.1) is 6.42 Å². The zero-order valence-electron chi connectivity index (χ0n) is 15.8. The molecule has 0 unspecified atom stereocenters. The van der Waals surface area contributed by atoms with Gasteiger partial charge in [-0.2, -0.15) is 0 Å². The molecule has 2 aromatic carbocycles. The van der Waals surface area contributed by atoms with E-state index in [0.29, 0.717) is 13.0 Å². The van der Waals surface area contributed by atoms with Crippen LogP contribution in [0.4, 0.5) is 5.69 Å². The van der Waals surface area contributed by atoms with Crippen LogP contribution >= 0.6 is 11.3 Å². The summed E-state index contributed by atoms with van der Waals surface area (Å²) in [5.74, 6) is 1.10. The third-order valence-corrected chi connectivity index (χ3v) is 5.86. The van der Waals surface area contributed by atoms with Crippen LogP contribution in [0.15, 0.2) is 72.1 Å². The molecule has 0 aliphatic carbocycles. The predicted molar refractivity (Wildman–Crippen MR) is 114 cm³/mol. The highest BCUT2D eigenvalue weighted by molar-refractivity contribution is 7.10. The van der Waals surface area contributed by atoms with Gasteiger partial charge in [-0.15, -0.1) is 11.3 Å². The molecule has 144 valence electrons. The molecule has 0 saturated carbocycles. The number of anilines is 1. The summed E-state index contributed by atoms with van der Waals surface area (Å²) in [4.78, 5) is 17.9. The molecule has 1 aliphatic rings.